The van der Waals surface area contributed by atoms with E-state index in [1.165, 1.54) is 31.3 Å². The minimum Gasteiger partial charge on any atom is -0.469 e. The summed E-state index contributed by atoms with van der Waals surface area (Å²) in [5, 5.41) is 0. The van der Waals surface area contributed by atoms with Crippen LogP contribution in [-0.2, 0) is 14.3 Å². The van der Waals surface area contributed by atoms with E-state index in [1.54, 1.807) is 0 Å². The van der Waals surface area contributed by atoms with Crippen LogP contribution in [0.1, 0.15) is 16.8 Å². The van der Waals surface area contributed by atoms with Gasteiger partial charge in [-0.05, 0) is 34.1 Å². The van der Waals surface area contributed by atoms with Crippen LogP contribution in [0.4, 0.5) is 4.39 Å². The van der Waals surface area contributed by atoms with Crippen LogP contribution in [0.3, 0.4) is 0 Å². The summed E-state index contributed by atoms with van der Waals surface area (Å²) in [4.78, 5) is 25.0. The fraction of sp³-hybridized carbons (Fsp3) is 0.429. The molecule has 1 amide bonds. The van der Waals surface area contributed by atoms with E-state index in [0.717, 1.165) is 6.07 Å². The number of methoxy groups -OCH3 is 2. The molecule has 116 valence electrons. The molecule has 1 rings (SSSR count). The maximum atomic E-state index is 13.5. The molecule has 0 aliphatic rings. The smallest absolute Gasteiger partial charge is 0.307 e. The molecule has 0 fully saturated rings. The van der Waals surface area contributed by atoms with Gasteiger partial charge < -0.3 is 14.4 Å². The first-order valence-electron chi connectivity index (χ1n) is 6.29. The third kappa shape index (κ3) is 5.43. The van der Waals surface area contributed by atoms with Crippen LogP contribution in [0.25, 0.3) is 0 Å². The predicted molar refractivity (Wildman–Crippen MR) is 78.5 cm³/mol. The monoisotopic (exact) mass is 361 g/mol. The number of halogens is 2. The maximum absolute atomic E-state index is 13.5. The topological polar surface area (TPSA) is 55.8 Å². The van der Waals surface area contributed by atoms with Crippen molar-refractivity contribution in [3.63, 3.8) is 0 Å². The van der Waals surface area contributed by atoms with Crippen molar-refractivity contribution in [3.8, 4) is 0 Å². The van der Waals surface area contributed by atoms with E-state index >= 15 is 0 Å². The van der Waals surface area contributed by atoms with Gasteiger partial charge in [-0.25, -0.2) is 4.39 Å². The average molecular weight is 362 g/mol. The summed E-state index contributed by atoms with van der Waals surface area (Å²) >= 11 is 3.04. The number of rotatable bonds is 7. The van der Waals surface area contributed by atoms with Gasteiger partial charge in [0.15, 0.2) is 0 Å². The molecule has 5 nitrogen and oxygen atoms in total. The lowest BCUT2D eigenvalue weighted by Gasteiger charge is -2.22. The lowest BCUT2D eigenvalue weighted by molar-refractivity contribution is -0.140. The number of esters is 1. The van der Waals surface area contributed by atoms with Gasteiger partial charge in [-0.2, -0.15) is 0 Å². The Labute approximate surface area is 131 Å². The summed E-state index contributed by atoms with van der Waals surface area (Å²) in [7, 11) is 2.80. The van der Waals surface area contributed by atoms with Gasteiger partial charge in [-0.3, -0.25) is 9.59 Å². The minimum atomic E-state index is -0.513. The highest BCUT2D eigenvalue weighted by molar-refractivity contribution is 9.10. The SMILES string of the molecule is COCCN(CCC(=O)OC)C(=O)c1ccc(Br)c(F)c1. The zero-order chi connectivity index (χ0) is 15.8. The fourth-order valence-corrected chi connectivity index (χ4v) is 1.90. The number of carbonyl (C=O) groups is 2. The number of ether oxygens (including phenoxy) is 2. The van der Waals surface area contributed by atoms with Gasteiger partial charge in [-0.15, -0.1) is 0 Å². The molecular weight excluding hydrogens is 345 g/mol. The maximum Gasteiger partial charge on any atom is 0.307 e. The lowest BCUT2D eigenvalue weighted by Crippen LogP contribution is -2.35. The summed E-state index contributed by atoms with van der Waals surface area (Å²) in [6.07, 6.45) is 0.0744. The summed E-state index contributed by atoms with van der Waals surface area (Å²) in [5.41, 5.74) is 0.219. The molecule has 0 radical (unpaired) electrons. The van der Waals surface area contributed by atoms with Gasteiger partial charge in [0.2, 0.25) is 0 Å². The molecule has 0 saturated heterocycles. The summed E-state index contributed by atoms with van der Waals surface area (Å²) in [5.74, 6) is -1.28. The first kappa shape index (κ1) is 17.6. The molecule has 0 aromatic heterocycles. The molecule has 1 aromatic rings. The van der Waals surface area contributed by atoms with E-state index < -0.39 is 11.8 Å². The third-order valence-corrected chi connectivity index (χ3v) is 3.48. The van der Waals surface area contributed by atoms with E-state index in [2.05, 4.69) is 20.7 Å². The van der Waals surface area contributed by atoms with Crippen LogP contribution >= 0.6 is 15.9 Å². The van der Waals surface area contributed by atoms with Crippen LogP contribution in [-0.4, -0.2) is 50.7 Å². The van der Waals surface area contributed by atoms with E-state index in [9.17, 15) is 14.0 Å². The zero-order valence-corrected chi connectivity index (χ0v) is 13.5. The molecule has 0 spiro atoms. The van der Waals surface area contributed by atoms with E-state index in [-0.39, 0.29) is 28.9 Å². The van der Waals surface area contributed by atoms with Crippen LogP contribution in [0.15, 0.2) is 22.7 Å². The minimum absolute atomic E-state index is 0.0744. The van der Waals surface area contributed by atoms with Crippen molar-refractivity contribution < 1.29 is 23.5 Å². The number of hydrogen-bond acceptors (Lipinski definition) is 4. The Bertz CT molecular complexity index is 510. The van der Waals surface area contributed by atoms with Gasteiger partial charge in [0.25, 0.3) is 5.91 Å². The number of hydrogen-bond donors (Lipinski definition) is 0. The van der Waals surface area contributed by atoms with Gasteiger partial charge in [0, 0.05) is 25.8 Å². The molecular formula is C14H17BrFNO4. The van der Waals surface area contributed by atoms with E-state index in [4.69, 9.17) is 4.74 Å². The Balaban J connectivity index is 2.82. The van der Waals surface area contributed by atoms with Crippen molar-refractivity contribution in [2.75, 3.05) is 33.9 Å². The second kappa shape index (κ2) is 8.74. The molecule has 0 aliphatic heterocycles. The van der Waals surface area contributed by atoms with Crippen molar-refractivity contribution in [2.45, 2.75) is 6.42 Å². The Morgan fingerprint density at radius 2 is 2.00 bits per heavy atom. The fourth-order valence-electron chi connectivity index (χ4n) is 1.66. The molecule has 0 bridgehead atoms. The molecule has 1 aromatic carbocycles. The molecule has 0 atom stereocenters. The van der Waals surface area contributed by atoms with Crippen LogP contribution in [0.2, 0.25) is 0 Å². The van der Waals surface area contributed by atoms with Crippen LogP contribution in [0, 0.1) is 5.82 Å². The average Bonchev–Trinajstić information content (AvgIpc) is 2.49. The first-order valence-corrected chi connectivity index (χ1v) is 7.09. The Morgan fingerprint density at radius 3 is 2.57 bits per heavy atom. The largest absolute Gasteiger partial charge is 0.469 e. The second-order valence-corrected chi connectivity index (χ2v) is 5.09. The zero-order valence-electron chi connectivity index (χ0n) is 11.9. The highest BCUT2D eigenvalue weighted by Gasteiger charge is 2.18. The molecule has 0 N–H and O–H groups in total. The molecule has 0 unspecified atom stereocenters. The lowest BCUT2D eigenvalue weighted by atomic mass is 10.2. The number of carbonyl (C=O) groups excluding carboxylic acids is 2. The van der Waals surface area contributed by atoms with Crippen molar-refractivity contribution in [1.29, 1.82) is 0 Å². The van der Waals surface area contributed by atoms with Gasteiger partial charge >= 0.3 is 5.97 Å². The molecule has 0 heterocycles. The second-order valence-electron chi connectivity index (χ2n) is 4.24. The van der Waals surface area contributed by atoms with E-state index in [1.807, 2.05) is 0 Å². The third-order valence-electron chi connectivity index (χ3n) is 2.83. The van der Waals surface area contributed by atoms with Crippen LogP contribution in [0.5, 0.6) is 0 Å². The summed E-state index contributed by atoms with van der Waals surface area (Å²) in [6.45, 7) is 0.822. The summed E-state index contributed by atoms with van der Waals surface area (Å²) in [6, 6.07) is 4.15. The number of amides is 1. The number of benzene rings is 1. The van der Waals surface area contributed by atoms with Crippen molar-refractivity contribution in [2.24, 2.45) is 0 Å². The van der Waals surface area contributed by atoms with Crippen LogP contribution < -0.4 is 0 Å². The van der Waals surface area contributed by atoms with Crippen molar-refractivity contribution >= 4 is 27.8 Å². The highest BCUT2D eigenvalue weighted by atomic mass is 79.9. The van der Waals surface area contributed by atoms with Gasteiger partial charge in [0.05, 0.1) is 24.6 Å². The van der Waals surface area contributed by atoms with Crippen molar-refractivity contribution in [1.82, 2.24) is 4.90 Å². The Kier molecular flexibility index (Phi) is 7.31. The quantitative estimate of drug-likeness (QED) is 0.699. The molecule has 0 saturated carbocycles. The van der Waals surface area contributed by atoms with E-state index in [0.29, 0.717) is 13.2 Å². The van der Waals surface area contributed by atoms with Crippen molar-refractivity contribution in [3.05, 3.63) is 34.1 Å². The highest BCUT2D eigenvalue weighted by Crippen LogP contribution is 2.17. The molecule has 21 heavy (non-hydrogen) atoms. The standard InChI is InChI=1S/C14H17BrFNO4/c1-20-8-7-17(6-5-13(18)21-2)14(19)10-3-4-11(15)12(16)9-10/h3-4,9H,5-8H2,1-2H3. The first-order chi connectivity index (χ1) is 9.99. The molecule has 0 aliphatic carbocycles. The normalized spacial score (nSPS) is 10.3. The predicted octanol–water partition coefficient (Wildman–Crippen LogP) is 2.24. The van der Waals surface area contributed by atoms with Gasteiger partial charge in [-0.1, -0.05) is 0 Å². The number of nitrogens with zero attached hydrogens (tertiary/aromatic N) is 1. The Hall–Kier alpha value is -1.47. The summed E-state index contributed by atoms with van der Waals surface area (Å²) < 4.78 is 23.3. The Morgan fingerprint density at radius 1 is 1.29 bits per heavy atom. The molecule has 7 heteroatoms. The van der Waals surface area contributed by atoms with Gasteiger partial charge in [0.1, 0.15) is 5.82 Å².